The van der Waals surface area contributed by atoms with Crippen LogP contribution in [0.25, 0.3) is 21.7 Å². The zero-order valence-electron chi connectivity index (χ0n) is 14.3. The van der Waals surface area contributed by atoms with Crippen molar-refractivity contribution >= 4 is 21.6 Å². The van der Waals surface area contributed by atoms with Gasteiger partial charge in [0, 0.05) is 12.1 Å². The number of aromatic nitrogens is 2. The third kappa shape index (κ3) is 2.93. The van der Waals surface area contributed by atoms with Crippen LogP contribution in [0.2, 0.25) is 0 Å². The highest BCUT2D eigenvalue weighted by molar-refractivity contribution is 7.18. The minimum Gasteiger partial charge on any atom is -0.444 e. The number of fused-ring (bicyclic) bond motifs is 1. The Labute approximate surface area is 156 Å². The Kier molecular flexibility index (Phi) is 4.03. The van der Waals surface area contributed by atoms with Crippen LogP contribution in [-0.2, 0) is 6.54 Å². The van der Waals surface area contributed by atoms with Crippen LogP contribution in [0.4, 0.5) is 0 Å². The third-order valence-corrected chi connectivity index (χ3v) is 6.03. The largest absolute Gasteiger partial charge is 0.444 e. The van der Waals surface area contributed by atoms with Crippen LogP contribution in [0.5, 0.6) is 0 Å². The number of benzene rings is 2. The summed E-state index contributed by atoms with van der Waals surface area (Å²) >= 11 is 1.81. The Hall–Kier alpha value is -2.50. The molecule has 3 heterocycles. The maximum atomic E-state index is 5.70. The first-order valence-corrected chi connectivity index (χ1v) is 9.78. The molecule has 5 rings (SSSR count). The fourth-order valence-electron chi connectivity index (χ4n) is 3.63. The van der Waals surface area contributed by atoms with E-state index in [1.807, 2.05) is 41.7 Å². The van der Waals surface area contributed by atoms with Crippen molar-refractivity contribution < 1.29 is 4.42 Å². The minimum absolute atomic E-state index is 0.379. The van der Waals surface area contributed by atoms with Crippen molar-refractivity contribution in [2.75, 3.05) is 6.54 Å². The van der Waals surface area contributed by atoms with Gasteiger partial charge in [-0.05, 0) is 43.7 Å². The third-order valence-electron chi connectivity index (χ3n) is 4.90. The summed E-state index contributed by atoms with van der Waals surface area (Å²) in [6.45, 7) is 1.88. The van der Waals surface area contributed by atoms with E-state index < -0.39 is 0 Å². The number of thiazole rings is 1. The lowest BCUT2D eigenvalue weighted by molar-refractivity contribution is 0.245. The first-order chi connectivity index (χ1) is 12.9. The monoisotopic (exact) mass is 361 g/mol. The average Bonchev–Trinajstić information content (AvgIpc) is 3.41. The number of para-hydroxylation sites is 1. The molecule has 0 amide bonds. The lowest BCUT2D eigenvalue weighted by Crippen LogP contribution is -2.22. The Morgan fingerprint density at radius 3 is 2.77 bits per heavy atom. The molecule has 0 bridgehead atoms. The van der Waals surface area contributed by atoms with Gasteiger partial charge in [0.25, 0.3) is 0 Å². The van der Waals surface area contributed by atoms with Crippen molar-refractivity contribution in [1.29, 1.82) is 0 Å². The Morgan fingerprint density at radius 1 is 1.04 bits per heavy atom. The number of rotatable bonds is 4. The molecule has 1 aliphatic rings. The molecule has 26 heavy (non-hydrogen) atoms. The molecule has 1 aliphatic heterocycles. The average molecular weight is 361 g/mol. The normalized spacial score (nSPS) is 17.9. The highest BCUT2D eigenvalue weighted by Crippen LogP contribution is 2.37. The van der Waals surface area contributed by atoms with Gasteiger partial charge >= 0.3 is 0 Å². The van der Waals surface area contributed by atoms with Crippen molar-refractivity contribution in [3.8, 4) is 11.5 Å². The fraction of sp³-hybridized carbons (Fsp3) is 0.238. The van der Waals surface area contributed by atoms with Gasteiger partial charge in [0.2, 0.25) is 5.89 Å². The molecule has 1 fully saturated rings. The van der Waals surface area contributed by atoms with E-state index in [2.05, 4.69) is 34.1 Å². The van der Waals surface area contributed by atoms with E-state index in [0.29, 0.717) is 11.9 Å². The summed E-state index contributed by atoms with van der Waals surface area (Å²) in [5, 5.41) is 1.22. The van der Waals surface area contributed by atoms with Gasteiger partial charge < -0.3 is 4.42 Å². The van der Waals surface area contributed by atoms with Gasteiger partial charge in [0.1, 0.15) is 11.3 Å². The lowest BCUT2D eigenvalue weighted by atomic mass is 10.2. The predicted octanol–water partition coefficient (Wildman–Crippen LogP) is 5.29. The van der Waals surface area contributed by atoms with Crippen LogP contribution in [-0.4, -0.2) is 21.4 Å². The molecule has 1 atom stereocenters. The molecule has 0 radical (unpaired) electrons. The van der Waals surface area contributed by atoms with Gasteiger partial charge in [-0.1, -0.05) is 30.3 Å². The molecule has 1 unspecified atom stereocenters. The van der Waals surface area contributed by atoms with Gasteiger partial charge in [-0.25, -0.2) is 9.97 Å². The number of likely N-dealkylation sites (tertiary alicyclic amines) is 1. The first-order valence-electron chi connectivity index (χ1n) is 8.96. The van der Waals surface area contributed by atoms with Gasteiger partial charge in [-0.3, -0.25) is 4.90 Å². The van der Waals surface area contributed by atoms with E-state index in [1.165, 1.54) is 16.1 Å². The predicted molar refractivity (Wildman–Crippen MR) is 104 cm³/mol. The topological polar surface area (TPSA) is 42.2 Å². The summed E-state index contributed by atoms with van der Waals surface area (Å²) in [5.41, 5.74) is 3.10. The highest BCUT2D eigenvalue weighted by atomic mass is 32.1. The minimum atomic E-state index is 0.379. The number of oxazole rings is 1. The molecule has 0 aliphatic carbocycles. The van der Waals surface area contributed by atoms with Crippen LogP contribution < -0.4 is 0 Å². The van der Waals surface area contributed by atoms with Crippen molar-refractivity contribution in [1.82, 2.24) is 14.9 Å². The molecule has 4 aromatic rings. The van der Waals surface area contributed by atoms with Gasteiger partial charge in [0.05, 0.1) is 22.0 Å². The quantitative estimate of drug-likeness (QED) is 0.495. The van der Waals surface area contributed by atoms with Crippen LogP contribution >= 0.6 is 11.3 Å². The molecule has 5 heteroatoms. The Morgan fingerprint density at radius 2 is 1.88 bits per heavy atom. The molecular weight excluding hydrogens is 342 g/mol. The number of hydrogen-bond acceptors (Lipinski definition) is 5. The molecule has 4 nitrogen and oxygen atoms in total. The number of hydrogen-bond donors (Lipinski definition) is 0. The van der Waals surface area contributed by atoms with Gasteiger partial charge in [-0.2, -0.15) is 0 Å². The molecule has 2 aromatic heterocycles. The van der Waals surface area contributed by atoms with Crippen LogP contribution in [0, 0.1) is 0 Å². The molecule has 1 saturated heterocycles. The van der Waals surface area contributed by atoms with E-state index >= 15 is 0 Å². The van der Waals surface area contributed by atoms with E-state index in [0.717, 1.165) is 36.3 Å². The van der Waals surface area contributed by atoms with Crippen molar-refractivity contribution in [3.05, 3.63) is 71.6 Å². The van der Waals surface area contributed by atoms with Crippen molar-refractivity contribution in [2.45, 2.75) is 25.4 Å². The number of nitrogens with zero attached hydrogens (tertiary/aromatic N) is 3. The summed E-state index contributed by atoms with van der Waals surface area (Å²) in [5.74, 6) is 0.691. The summed E-state index contributed by atoms with van der Waals surface area (Å²) in [6, 6.07) is 18.8. The maximum Gasteiger partial charge on any atom is 0.226 e. The van der Waals surface area contributed by atoms with E-state index in [1.54, 1.807) is 6.26 Å². The first kappa shape index (κ1) is 15.7. The molecule has 130 valence electrons. The highest BCUT2D eigenvalue weighted by Gasteiger charge is 2.29. The van der Waals surface area contributed by atoms with E-state index in [9.17, 15) is 0 Å². The van der Waals surface area contributed by atoms with Crippen LogP contribution in [0.1, 0.15) is 29.6 Å². The molecule has 0 N–H and O–H groups in total. The second kappa shape index (κ2) is 6.67. The summed E-state index contributed by atoms with van der Waals surface area (Å²) in [7, 11) is 0. The summed E-state index contributed by atoms with van der Waals surface area (Å²) in [4.78, 5) is 12.0. The molecule has 0 spiro atoms. The Bertz CT molecular complexity index is 991. The molecule has 2 aromatic carbocycles. The lowest BCUT2D eigenvalue weighted by Gasteiger charge is -2.21. The zero-order chi connectivity index (χ0) is 17.3. The van der Waals surface area contributed by atoms with Gasteiger partial charge in [0.15, 0.2) is 0 Å². The van der Waals surface area contributed by atoms with Gasteiger partial charge in [-0.15, -0.1) is 11.3 Å². The second-order valence-electron chi connectivity index (χ2n) is 6.66. The fourth-order valence-corrected chi connectivity index (χ4v) is 4.77. The summed E-state index contributed by atoms with van der Waals surface area (Å²) in [6.07, 6.45) is 4.14. The van der Waals surface area contributed by atoms with Crippen molar-refractivity contribution in [3.63, 3.8) is 0 Å². The Balaban J connectivity index is 1.37. The van der Waals surface area contributed by atoms with Crippen LogP contribution in [0.15, 0.2) is 65.3 Å². The van der Waals surface area contributed by atoms with Crippen LogP contribution in [0.3, 0.4) is 0 Å². The zero-order valence-corrected chi connectivity index (χ0v) is 15.2. The van der Waals surface area contributed by atoms with Crippen molar-refractivity contribution in [2.24, 2.45) is 0 Å². The molecule has 0 saturated carbocycles. The summed E-state index contributed by atoms with van der Waals surface area (Å²) < 4.78 is 6.97. The smallest absolute Gasteiger partial charge is 0.226 e. The SMILES string of the molecule is c1ccc(-c2nc(CN3CCCC3c3nc4ccccc4s3)co2)cc1. The molecular formula is C21H19N3OS. The maximum absolute atomic E-state index is 5.70. The second-order valence-corrected chi connectivity index (χ2v) is 7.72. The van der Waals surface area contributed by atoms with E-state index in [4.69, 9.17) is 9.40 Å². The van der Waals surface area contributed by atoms with E-state index in [-0.39, 0.29) is 0 Å². The standard InChI is InChI=1S/C21H19N3OS/c1-2-7-15(8-3-1)20-22-16(14-25-20)13-24-12-6-10-18(24)21-23-17-9-4-5-11-19(17)26-21/h1-5,7-9,11,14,18H,6,10,12-13H2.